The number of anilines is 1. The number of amides is 1. The Morgan fingerprint density at radius 2 is 2.07 bits per heavy atom. The highest BCUT2D eigenvalue weighted by atomic mass is 79.9. The number of morpholine rings is 1. The van der Waals surface area contributed by atoms with Crippen LogP contribution >= 0.6 is 27.3 Å². The molecule has 2 heterocycles. The molecule has 0 bridgehead atoms. The summed E-state index contributed by atoms with van der Waals surface area (Å²) in [6.07, 6.45) is 0.379. The van der Waals surface area contributed by atoms with E-state index in [9.17, 15) is 4.79 Å². The van der Waals surface area contributed by atoms with Gasteiger partial charge in [-0.1, -0.05) is 57.1 Å². The van der Waals surface area contributed by atoms with Crippen molar-refractivity contribution in [3.8, 4) is 0 Å². The minimum absolute atomic E-state index is 0.0852. The lowest BCUT2D eigenvalue weighted by molar-refractivity contribution is -0.118. The molecule has 0 aliphatic carbocycles. The maximum atomic E-state index is 13.3. The number of rotatable bonds is 6. The normalized spacial score (nSPS) is 15.0. The average Bonchev–Trinajstić information content (AvgIpc) is 3.11. The van der Waals surface area contributed by atoms with E-state index in [2.05, 4.69) is 46.0 Å². The van der Waals surface area contributed by atoms with Crippen molar-refractivity contribution in [3.05, 3.63) is 58.1 Å². The predicted molar refractivity (Wildman–Crippen MR) is 122 cm³/mol. The summed E-state index contributed by atoms with van der Waals surface area (Å²) in [5.41, 5.74) is 3.13. The molecule has 1 aliphatic heterocycles. The molecule has 1 aliphatic rings. The molecule has 0 spiro atoms. The standard InChI is InChI=1S/C22H24BrN3O2S/c1-16-3-2-4-17(13-16)14-21(27)26(8-7-25-9-11-28-12-10-25)22-24-19-6-5-18(23)15-20(19)29-22/h2-6,13,15H,7-12,14H2,1H3. The van der Waals surface area contributed by atoms with Crippen LogP contribution in [0.15, 0.2) is 46.9 Å². The van der Waals surface area contributed by atoms with Crippen LogP contribution in [0.2, 0.25) is 0 Å². The maximum Gasteiger partial charge on any atom is 0.233 e. The van der Waals surface area contributed by atoms with E-state index < -0.39 is 0 Å². The number of hydrogen-bond donors (Lipinski definition) is 0. The lowest BCUT2D eigenvalue weighted by Gasteiger charge is -2.29. The van der Waals surface area contributed by atoms with Crippen molar-refractivity contribution in [2.45, 2.75) is 13.3 Å². The van der Waals surface area contributed by atoms with Crippen LogP contribution in [0.1, 0.15) is 11.1 Å². The van der Waals surface area contributed by atoms with Gasteiger partial charge >= 0.3 is 0 Å². The Labute approximate surface area is 183 Å². The van der Waals surface area contributed by atoms with Gasteiger partial charge in [0.05, 0.1) is 29.9 Å². The monoisotopic (exact) mass is 473 g/mol. The highest BCUT2D eigenvalue weighted by Gasteiger charge is 2.22. The molecule has 152 valence electrons. The first-order valence-corrected chi connectivity index (χ1v) is 11.4. The largest absolute Gasteiger partial charge is 0.379 e. The molecule has 5 nitrogen and oxygen atoms in total. The Balaban J connectivity index is 1.57. The van der Waals surface area contributed by atoms with Gasteiger partial charge in [-0.2, -0.15) is 0 Å². The maximum absolute atomic E-state index is 13.3. The molecule has 2 aromatic carbocycles. The summed E-state index contributed by atoms with van der Waals surface area (Å²) >= 11 is 5.09. The molecule has 3 aromatic rings. The van der Waals surface area contributed by atoms with Crippen molar-refractivity contribution in [2.24, 2.45) is 0 Å². The second kappa shape index (κ2) is 9.34. The molecule has 0 N–H and O–H groups in total. The zero-order chi connectivity index (χ0) is 20.2. The number of halogens is 1. The second-order valence-electron chi connectivity index (χ2n) is 7.27. The van der Waals surface area contributed by atoms with Crippen molar-refractivity contribution < 1.29 is 9.53 Å². The number of aryl methyl sites for hydroxylation is 1. The lowest BCUT2D eigenvalue weighted by atomic mass is 10.1. The van der Waals surface area contributed by atoms with Crippen LogP contribution in [0.4, 0.5) is 5.13 Å². The third kappa shape index (κ3) is 5.22. The van der Waals surface area contributed by atoms with Crippen molar-refractivity contribution in [1.29, 1.82) is 0 Å². The smallest absolute Gasteiger partial charge is 0.233 e. The molecule has 1 fully saturated rings. The highest BCUT2D eigenvalue weighted by Crippen LogP contribution is 2.31. The van der Waals surface area contributed by atoms with Gasteiger partial charge in [0.2, 0.25) is 5.91 Å². The molecule has 4 rings (SSSR count). The SMILES string of the molecule is Cc1cccc(CC(=O)N(CCN2CCOCC2)c2nc3ccc(Br)cc3s2)c1. The van der Waals surface area contributed by atoms with Gasteiger partial charge in [0.15, 0.2) is 5.13 Å². The molecular weight excluding hydrogens is 450 g/mol. The number of nitrogens with zero attached hydrogens (tertiary/aromatic N) is 3. The van der Waals surface area contributed by atoms with Gasteiger partial charge < -0.3 is 4.74 Å². The van der Waals surface area contributed by atoms with Gasteiger partial charge in [-0.3, -0.25) is 14.6 Å². The van der Waals surface area contributed by atoms with E-state index in [1.165, 1.54) is 5.56 Å². The first-order valence-electron chi connectivity index (χ1n) is 9.80. The fourth-order valence-corrected chi connectivity index (χ4v) is 5.05. The quantitative estimate of drug-likeness (QED) is 0.535. The van der Waals surface area contributed by atoms with E-state index in [-0.39, 0.29) is 5.91 Å². The van der Waals surface area contributed by atoms with Gasteiger partial charge in [0.25, 0.3) is 0 Å². The van der Waals surface area contributed by atoms with Gasteiger partial charge in [0.1, 0.15) is 0 Å². The number of hydrogen-bond acceptors (Lipinski definition) is 5. The van der Waals surface area contributed by atoms with Gasteiger partial charge in [-0.25, -0.2) is 4.98 Å². The Bertz CT molecular complexity index is 1000. The molecule has 29 heavy (non-hydrogen) atoms. The Kier molecular flexibility index (Phi) is 6.60. The van der Waals surface area contributed by atoms with Crippen LogP contribution in [0.25, 0.3) is 10.2 Å². The van der Waals surface area contributed by atoms with Crippen LogP contribution in [0.5, 0.6) is 0 Å². The van der Waals surface area contributed by atoms with Crippen LogP contribution in [-0.4, -0.2) is 55.2 Å². The van der Waals surface area contributed by atoms with E-state index in [1.807, 2.05) is 29.2 Å². The highest BCUT2D eigenvalue weighted by molar-refractivity contribution is 9.10. The molecule has 7 heteroatoms. The lowest BCUT2D eigenvalue weighted by Crippen LogP contribution is -2.43. The van der Waals surface area contributed by atoms with Crippen molar-refractivity contribution in [2.75, 3.05) is 44.3 Å². The number of benzene rings is 2. The molecule has 0 unspecified atom stereocenters. The number of thiazole rings is 1. The summed E-state index contributed by atoms with van der Waals surface area (Å²) in [6.45, 7) is 6.84. The average molecular weight is 474 g/mol. The number of carbonyl (C=O) groups excluding carboxylic acids is 1. The third-order valence-corrected chi connectivity index (χ3v) is 6.59. The zero-order valence-electron chi connectivity index (χ0n) is 16.4. The molecule has 1 saturated heterocycles. The van der Waals surface area contributed by atoms with E-state index >= 15 is 0 Å². The first kappa shape index (κ1) is 20.5. The third-order valence-electron chi connectivity index (χ3n) is 5.05. The summed E-state index contributed by atoms with van der Waals surface area (Å²) < 4.78 is 7.54. The minimum Gasteiger partial charge on any atom is -0.379 e. The summed E-state index contributed by atoms with van der Waals surface area (Å²) in [6, 6.07) is 14.2. The van der Waals surface area contributed by atoms with E-state index in [0.29, 0.717) is 13.0 Å². The summed E-state index contributed by atoms with van der Waals surface area (Å²) in [5, 5.41) is 0.768. The minimum atomic E-state index is 0.0852. The van der Waals surface area contributed by atoms with Crippen LogP contribution in [0.3, 0.4) is 0 Å². The van der Waals surface area contributed by atoms with E-state index in [1.54, 1.807) is 11.3 Å². The number of aromatic nitrogens is 1. The molecular formula is C22H24BrN3O2S. The molecule has 0 radical (unpaired) electrons. The molecule has 1 amide bonds. The van der Waals surface area contributed by atoms with Crippen molar-refractivity contribution in [1.82, 2.24) is 9.88 Å². The van der Waals surface area contributed by atoms with E-state index in [0.717, 1.165) is 58.2 Å². The Morgan fingerprint density at radius 1 is 1.24 bits per heavy atom. The fourth-order valence-electron chi connectivity index (χ4n) is 3.49. The molecule has 1 aromatic heterocycles. The summed E-state index contributed by atoms with van der Waals surface area (Å²) in [7, 11) is 0. The molecule has 0 atom stereocenters. The van der Waals surface area contributed by atoms with Gasteiger partial charge in [-0.15, -0.1) is 0 Å². The summed E-state index contributed by atoms with van der Waals surface area (Å²) in [4.78, 5) is 22.2. The summed E-state index contributed by atoms with van der Waals surface area (Å²) in [5.74, 6) is 0.0852. The zero-order valence-corrected chi connectivity index (χ0v) is 18.8. The second-order valence-corrected chi connectivity index (χ2v) is 9.20. The number of ether oxygens (including phenoxy) is 1. The topological polar surface area (TPSA) is 45.7 Å². The van der Waals surface area contributed by atoms with Gasteiger partial charge in [-0.05, 0) is 30.7 Å². The Hall–Kier alpha value is -1.80. The predicted octanol–water partition coefficient (Wildman–Crippen LogP) is 4.28. The Morgan fingerprint density at radius 3 is 2.86 bits per heavy atom. The van der Waals surface area contributed by atoms with Crippen molar-refractivity contribution in [3.63, 3.8) is 0 Å². The van der Waals surface area contributed by atoms with Crippen LogP contribution in [-0.2, 0) is 16.0 Å². The van der Waals surface area contributed by atoms with E-state index in [4.69, 9.17) is 9.72 Å². The molecule has 0 saturated carbocycles. The number of carbonyl (C=O) groups is 1. The van der Waals surface area contributed by atoms with Gasteiger partial charge in [0, 0.05) is 30.7 Å². The van der Waals surface area contributed by atoms with Crippen LogP contribution < -0.4 is 4.90 Å². The van der Waals surface area contributed by atoms with Crippen molar-refractivity contribution >= 4 is 48.5 Å². The number of fused-ring (bicyclic) bond motifs is 1. The first-order chi connectivity index (χ1) is 14.1. The van der Waals surface area contributed by atoms with Crippen LogP contribution in [0, 0.1) is 6.92 Å². The fraction of sp³-hybridized carbons (Fsp3) is 0.364.